The Bertz CT molecular complexity index is 453. The summed E-state index contributed by atoms with van der Waals surface area (Å²) < 4.78 is 0. The first-order chi connectivity index (χ1) is 11.9. The Morgan fingerprint density at radius 1 is 0.577 bits per heavy atom. The number of Topliss-reactive ketones (excluding diaryl/α,β-unsaturated/α-hetero) is 2. The van der Waals surface area contributed by atoms with Crippen LogP contribution in [0.3, 0.4) is 0 Å². The normalized spacial score (nSPS) is 11.8. The van der Waals surface area contributed by atoms with Gasteiger partial charge in [-0.25, -0.2) is 0 Å². The van der Waals surface area contributed by atoms with Crippen LogP contribution in [0.25, 0.3) is 0 Å². The van der Waals surface area contributed by atoms with Crippen molar-refractivity contribution >= 4 is 23.4 Å². The van der Waals surface area contributed by atoms with Gasteiger partial charge in [-0.05, 0) is 25.7 Å². The monoisotopic (exact) mass is 368 g/mol. The highest BCUT2D eigenvalue weighted by Gasteiger charge is 2.21. The molecule has 0 aliphatic carbocycles. The van der Waals surface area contributed by atoms with Crippen LogP contribution in [0.2, 0.25) is 0 Å². The third kappa shape index (κ3) is 11.0. The van der Waals surface area contributed by atoms with Gasteiger partial charge in [0.05, 0.1) is 0 Å². The van der Waals surface area contributed by atoms with Gasteiger partial charge >= 0.3 is 0 Å². The topological polar surface area (TPSA) is 92.3 Å². The zero-order valence-electron chi connectivity index (χ0n) is 17.3. The van der Waals surface area contributed by atoms with Gasteiger partial charge in [-0.2, -0.15) is 0 Å². The minimum absolute atomic E-state index is 0.0153. The van der Waals surface area contributed by atoms with E-state index in [1.165, 1.54) is 0 Å². The van der Waals surface area contributed by atoms with E-state index in [1.807, 2.05) is 41.5 Å². The van der Waals surface area contributed by atoms with Crippen molar-refractivity contribution in [2.24, 2.45) is 10.8 Å². The molecule has 0 bridgehead atoms. The van der Waals surface area contributed by atoms with E-state index in [0.717, 1.165) is 0 Å². The molecule has 0 saturated carbocycles. The molecule has 0 aliphatic heterocycles. The van der Waals surface area contributed by atoms with Crippen LogP contribution < -0.4 is 10.6 Å². The number of amides is 2. The minimum Gasteiger partial charge on any atom is -0.356 e. The molecule has 0 saturated heterocycles. The molecule has 0 aromatic heterocycles. The molecule has 0 atom stereocenters. The second-order valence-corrected chi connectivity index (χ2v) is 8.77. The predicted octanol–water partition coefficient (Wildman–Crippen LogP) is 2.79. The number of hydrogen-bond acceptors (Lipinski definition) is 4. The highest BCUT2D eigenvalue weighted by molar-refractivity contribution is 6.37. The third-order valence-electron chi connectivity index (χ3n) is 3.91. The summed E-state index contributed by atoms with van der Waals surface area (Å²) in [5.41, 5.74) is -0.837. The van der Waals surface area contributed by atoms with Gasteiger partial charge in [-0.3, -0.25) is 19.2 Å². The molecule has 6 nitrogen and oxygen atoms in total. The number of rotatable bonds is 11. The maximum absolute atomic E-state index is 11.8. The second kappa shape index (κ2) is 11.1. The van der Waals surface area contributed by atoms with E-state index in [0.29, 0.717) is 38.8 Å². The van der Waals surface area contributed by atoms with Crippen LogP contribution in [0.15, 0.2) is 0 Å². The van der Waals surface area contributed by atoms with Crippen LogP contribution in [0.4, 0.5) is 0 Å². The van der Waals surface area contributed by atoms with E-state index in [-0.39, 0.29) is 36.2 Å². The van der Waals surface area contributed by atoms with E-state index >= 15 is 0 Å². The smallest absolute Gasteiger partial charge is 0.225 e. The highest BCUT2D eigenvalue weighted by Crippen LogP contribution is 2.13. The summed E-state index contributed by atoms with van der Waals surface area (Å²) in [6, 6.07) is 0. The maximum atomic E-state index is 11.8. The van der Waals surface area contributed by atoms with Gasteiger partial charge in [-0.15, -0.1) is 0 Å². The molecule has 0 radical (unpaired) electrons. The lowest BCUT2D eigenvalue weighted by Gasteiger charge is -2.17. The van der Waals surface area contributed by atoms with Gasteiger partial charge in [-0.1, -0.05) is 41.5 Å². The molecule has 0 unspecified atom stereocenters. The minimum atomic E-state index is -0.419. The van der Waals surface area contributed by atoms with E-state index in [1.54, 1.807) is 0 Å². The fraction of sp³-hybridized carbons (Fsp3) is 0.800. The van der Waals surface area contributed by atoms with E-state index in [9.17, 15) is 19.2 Å². The summed E-state index contributed by atoms with van der Waals surface area (Å²) in [7, 11) is 0. The molecule has 2 N–H and O–H groups in total. The van der Waals surface area contributed by atoms with Crippen LogP contribution in [0, 0.1) is 10.8 Å². The summed E-state index contributed by atoms with van der Waals surface area (Å²) >= 11 is 0. The number of nitrogens with one attached hydrogen (secondary N) is 2. The SMILES string of the molecule is CC(C)(C)C(=O)NCCCCC(=O)C(=O)CCCCNC(=O)C(C)(C)C. The highest BCUT2D eigenvalue weighted by atomic mass is 16.2. The molecule has 0 aromatic rings. The summed E-state index contributed by atoms with van der Waals surface area (Å²) in [6.07, 6.45) is 3.00. The van der Waals surface area contributed by atoms with Gasteiger partial charge in [0, 0.05) is 36.8 Å². The number of ketones is 2. The lowest BCUT2D eigenvalue weighted by Crippen LogP contribution is -2.35. The van der Waals surface area contributed by atoms with Crippen molar-refractivity contribution in [3.8, 4) is 0 Å². The van der Waals surface area contributed by atoms with Crippen LogP contribution >= 0.6 is 0 Å². The molecule has 26 heavy (non-hydrogen) atoms. The van der Waals surface area contributed by atoms with Crippen LogP contribution in [-0.2, 0) is 19.2 Å². The summed E-state index contributed by atoms with van der Waals surface area (Å²) in [4.78, 5) is 47.0. The van der Waals surface area contributed by atoms with Crippen LogP contribution in [-0.4, -0.2) is 36.5 Å². The Hall–Kier alpha value is -1.72. The van der Waals surface area contributed by atoms with Crippen molar-refractivity contribution in [1.82, 2.24) is 10.6 Å². The van der Waals surface area contributed by atoms with E-state index in [2.05, 4.69) is 10.6 Å². The summed E-state index contributed by atoms with van der Waals surface area (Å²) in [5, 5.41) is 5.65. The molecule has 150 valence electrons. The van der Waals surface area contributed by atoms with Crippen LogP contribution in [0.5, 0.6) is 0 Å². The predicted molar refractivity (Wildman–Crippen MR) is 103 cm³/mol. The lowest BCUT2D eigenvalue weighted by atomic mass is 9.95. The standard InChI is InChI=1S/C20H36N2O4/c1-19(2,3)17(25)21-13-9-7-11-15(23)16(24)12-8-10-14-22-18(26)20(4,5)6/h7-14H2,1-6H3,(H,21,25)(H,22,26). The van der Waals surface area contributed by atoms with Crippen molar-refractivity contribution < 1.29 is 19.2 Å². The Kier molecular flexibility index (Phi) is 10.4. The average Bonchev–Trinajstić information content (AvgIpc) is 2.51. The van der Waals surface area contributed by atoms with Gasteiger partial charge in [0.2, 0.25) is 11.8 Å². The van der Waals surface area contributed by atoms with Crippen molar-refractivity contribution in [3.05, 3.63) is 0 Å². The maximum Gasteiger partial charge on any atom is 0.225 e. The number of carbonyl (C=O) groups is 4. The summed E-state index contributed by atoms with van der Waals surface area (Å²) in [5.74, 6) is -0.714. The van der Waals surface area contributed by atoms with Crippen molar-refractivity contribution in [1.29, 1.82) is 0 Å². The molecular formula is C20H36N2O4. The zero-order chi connectivity index (χ0) is 20.4. The van der Waals surface area contributed by atoms with E-state index < -0.39 is 10.8 Å². The van der Waals surface area contributed by atoms with Gasteiger partial charge in [0.25, 0.3) is 0 Å². The molecule has 0 heterocycles. The fourth-order valence-corrected chi connectivity index (χ4v) is 2.03. The Morgan fingerprint density at radius 2 is 0.885 bits per heavy atom. The first kappa shape index (κ1) is 24.3. The first-order valence-electron chi connectivity index (χ1n) is 9.48. The molecule has 0 fully saturated rings. The van der Waals surface area contributed by atoms with Gasteiger partial charge in [0.1, 0.15) is 0 Å². The molecule has 0 aromatic carbocycles. The third-order valence-corrected chi connectivity index (χ3v) is 3.91. The van der Waals surface area contributed by atoms with Crippen LogP contribution in [0.1, 0.15) is 80.1 Å². The van der Waals surface area contributed by atoms with Crippen molar-refractivity contribution in [2.75, 3.05) is 13.1 Å². The van der Waals surface area contributed by atoms with Crippen molar-refractivity contribution in [2.45, 2.75) is 80.1 Å². The zero-order valence-corrected chi connectivity index (χ0v) is 17.3. The molecule has 6 heteroatoms. The fourth-order valence-electron chi connectivity index (χ4n) is 2.03. The Labute approximate surface area is 157 Å². The van der Waals surface area contributed by atoms with Gasteiger partial charge in [0.15, 0.2) is 11.6 Å². The largest absolute Gasteiger partial charge is 0.356 e. The number of unbranched alkanes of at least 4 members (excludes halogenated alkanes) is 2. The molecule has 2 amide bonds. The average molecular weight is 369 g/mol. The second-order valence-electron chi connectivity index (χ2n) is 8.77. The molecule has 0 aliphatic rings. The first-order valence-corrected chi connectivity index (χ1v) is 9.48. The van der Waals surface area contributed by atoms with Crippen molar-refractivity contribution in [3.63, 3.8) is 0 Å². The van der Waals surface area contributed by atoms with E-state index in [4.69, 9.17) is 0 Å². The molecule has 0 spiro atoms. The summed E-state index contributed by atoms with van der Waals surface area (Å²) in [6.45, 7) is 12.1. The number of carbonyl (C=O) groups excluding carboxylic acids is 4. The Balaban J connectivity index is 3.77. The quantitative estimate of drug-likeness (QED) is 0.433. The Morgan fingerprint density at radius 3 is 1.15 bits per heavy atom. The molecular weight excluding hydrogens is 332 g/mol. The molecule has 0 rings (SSSR count). The lowest BCUT2D eigenvalue weighted by molar-refractivity contribution is -0.136. The van der Waals surface area contributed by atoms with Gasteiger partial charge < -0.3 is 10.6 Å². The number of hydrogen-bond donors (Lipinski definition) is 2.